The number of aromatic nitrogens is 3. The number of amides is 2. The molecule has 222 valence electrons. The van der Waals surface area contributed by atoms with Crippen LogP contribution in [0.15, 0.2) is 42.7 Å². The smallest absolute Gasteiger partial charge is 0.416 e. The molecule has 3 aliphatic rings. The number of aryl methyl sites for hydroxylation is 1. The number of piperidine rings is 1. The number of fused-ring (bicyclic) bond motifs is 4. The number of carbonyl (C=O) groups is 1. The number of hydrogen-bond acceptors (Lipinski definition) is 8. The van der Waals surface area contributed by atoms with Gasteiger partial charge in [0.2, 0.25) is 5.88 Å². The van der Waals surface area contributed by atoms with Crippen molar-refractivity contribution < 1.29 is 32.2 Å². The van der Waals surface area contributed by atoms with E-state index in [1.807, 2.05) is 26.8 Å². The number of nitrogens with one attached hydrogen (secondary N) is 1. The van der Waals surface area contributed by atoms with Crippen LogP contribution in [0.4, 0.5) is 35.3 Å². The largest absolute Gasteiger partial charge is 0.474 e. The van der Waals surface area contributed by atoms with E-state index in [0.717, 1.165) is 37.2 Å². The predicted molar refractivity (Wildman–Crippen MR) is 149 cm³/mol. The number of ether oxygens (including phenoxy) is 3. The molecule has 2 atom stereocenters. The minimum absolute atomic E-state index is 0.175. The minimum Gasteiger partial charge on any atom is -0.474 e. The van der Waals surface area contributed by atoms with Crippen molar-refractivity contribution in [3.8, 4) is 17.1 Å². The van der Waals surface area contributed by atoms with Gasteiger partial charge in [-0.15, -0.1) is 0 Å². The Morgan fingerprint density at radius 3 is 2.81 bits per heavy atom. The van der Waals surface area contributed by atoms with Gasteiger partial charge < -0.3 is 19.1 Å². The molecule has 1 aromatic carbocycles. The van der Waals surface area contributed by atoms with Crippen molar-refractivity contribution in [2.75, 3.05) is 41.4 Å². The van der Waals surface area contributed by atoms with Crippen LogP contribution in [0.1, 0.15) is 37.8 Å². The number of rotatable bonds is 5. The fraction of sp³-hybridized carbons (Fsp3) is 0.448. The lowest BCUT2D eigenvalue weighted by molar-refractivity contribution is -0.141. The topological polar surface area (TPSA) is 102 Å². The molecule has 0 radical (unpaired) electrons. The molecule has 6 rings (SSSR count). The number of hydrogen-bond donors (Lipinski definition) is 1. The number of carbonyl (C=O) groups excluding carboxylic acids is 1. The predicted octanol–water partition coefficient (Wildman–Crippen LogP) is 5.42. The summed E-state index contributed by atoms with van der Waals surface area (Å²) >= 11 is 0. The van der Waals surface area contributed by atoms with Gasteiger partial charge in [0, 0.05) is 18.7 Å². The third-order valence-electron chi connectivity index (χ3n) is 7.52. The molecule has 3 aromatic rings. The zero-order chi connectivity index (χ0) is 29.6. The Labute approximate surface area is 240 Å². The number of urea groups is 1. The molecule has 2 saturated heterocycles. The number of alkyl halides is 3. The lowest BCUT2D eigenvalue weighted by atomic mass is 9.97. The summed E-state index contributed by atoms with van der Waals surface area (Å²) in [5.74, 6) is 0.113. The standard InChI is InChI=1S/C29H31F3N6O4/c1-17-10-22-26(36-25(17)18-6-4-7-19(11-18)29(30,31)32)38(20-8-5-9-37(22)14-20)27(39)35-23-12-33-13-24(34-23)40-15-21-16-41-28(2,3)42-21/h4,6-7,10-13,20-21H,5,8-9,14-16H2,1-3H3,(H,34,35,39)/t20-,21-/m0/s1. The second-order valence-electron chi connectivity index (χ2n) is 11.1. The van der Waals surface area contributed by atoms with Crippen LogP contribution in [0, 0.1) is 6.92 Å². The van der Waals surface area contributed by atoms with E-state index >= 15 is 0 Å². The van der Waals surface area contributed by atoms with Gasteiger partial charge in [0.05, 0.1) is 42.0 Å². The van der Waals surface area contributed by atoms with Crippen LogP contribution < -0.4 is 19.9 Å². The maximum atomic E-state index is 13.8. The van der Waals surface area contributed by atoms with Crippen LogP contribution in [-0.2, 0) is 15.7 Å². The van der Waals surface area contributed by atoms with Crippen LogP contribution in [0.3, 0.4) is 0 Å². The Balaban J connectivity index is 1.27. The van der Waals surface area contributed by atoms with E-state index in [1.54, 1.807) is 11.0 Å². The third-order valence-corrected chi connectivity index (χ3v) is 7.52. The fourth-order valence-electron chi connectivity index (χ4n) is 5.62. The second-order valence-corrected chi connectivity index (χ2v) is 11.1. The summed E-state index contributed by atoms with van der Waals surface area (Å²) in [6, 6.07) is 6.32. The van der Waals surface area contributed by atoms with Crippen molar-refractivity contribution >= 4 is 23.4 Å². The van der Waals surface area contributed by atoms with Crippen LogP contribution in [0.25, 0.3) is 11.3 Å². The maximum Gasteiger partial charge on any atom is 0.416 e. The van der Waals surface area contributed by atoms with Crippen molar-refractivity contribution in [3.05, 3.63) is 53.9 Å². The second kappa shape index (κ2) is 10.7. The molecule has 42 heavy (non-hydrogen) atoms. The molecule has 13 heteroatoms. The van der Waals surface area contributed by atoms with Gasteiger partial charge in [0.25, 0.3) is 0 Å². The zero-order valence-corrected chi connectivity index (χ0v) is 23.4. The highest BCUT2D eigenvalue weighted by Gasteiger charge is 2.39. The van der Waals surface area contributed by atoms with Gasteiger partial charge in [-0.25, -0.2) is 9.78 Å². The zero-order valence-electron chi connectivity index (χ0n) is 23.4. The summed E-state index contributed by atoms with van der Waals surface area (Å²) in [5, 5.41) is 2.81. The minimum atomic E-state index is -4.49. The summed E-state index contributed by atoms with van der Waals surface area (Å²) in [7, 11) is 0. The van der Waals surface area contributed by atoms with Crippen molar-refractivity contribution in [2.24, 2.45) is 0 Å². The van der Waals surface area contributed by atoms with Gasteiger partial charge in [-0.1, -0.05) is 12.1 Å². The van der Waals surface area contributed by atoms with Gasteiger partial charge in [0.15, 0.2) is 17.4 Å². The SMILES string of the molecule is Cc1cc2c(nc1-c1cccc(C(F)(F)F)c1)N(C(=O)Nc1cncc(OC[C@H]3COC(C)(C)O3)n1)[C@H]1CCCN2C1. The van der Waals surface area contributed by atoms with Crippen LogP contribution in [0.5, 0.6) is 5.88 Å². The van der Waals surface area contributed by atoms with Crippen molar-refractivity contribution in [3.63, 3.8) is 0 Å². The molecule has 10 nitrogen and oxygen atoms in total. The van der Waals surface area contributed by atoms with Gasteiger partial charge >= 0.3 is 12.2 Å². The molecular formula is C29H31F3N6O4. The van der Waals surface area contributed by atoms with Crippen molar-refractivity contribution in [1.29, 1.82) is 0 Å². The van der Waals surface area contributed by atoms with E-state index in [-0.39, 0.29) is 30.5 Å². The van der Waals surface area contributed by atoms with Gasteiger partial charge in [-0.3, -0.25) is 15.2 Å². The van der Waals surface area contributed by atoms with Crippen LogP contribution in [0.2, 0.25) is 0 Å². The summed E-state index contributed by atoms with van der Waals surface area (Å²) in [6.07, 6.45) is -0.253. The normalized spacial score (nSPS) is 21.2. The van der Waals surface area contributed by atoms with E-state index in [0.29, 0.717) is 35.8 Å². The van der Waals surface area contributed by atoms with Crippen LogP contribution >= 0.6 is 0 Å². The lowest BCUT2D eigenvalue weighted by Gasteiger charge is -2.46. The highest BCUT2D eigenvalue weighted by molar-refractivity contribution is 6.04. The molecule has 0 saturated carbocycles. The monoisotopic (exact) mass is 584 g/mol. The van der Waals surface area contributed by atoms with E-state index in [9.17, 15) is 18.0 Å². The number of benzene rings is 1. The van der Waals surface area contributed by atoms with Gasteiger partial charge in [-0.05, 0) is 57.4 Å². The molecule has 2 fully saturated rings. The Morgan fingerprint density at radius 2 is 2.05 bits per heavy atom. The van der Waals surface area contributed by atoms with Crippen molar-refractivity contribution in [2.45, 2.75) is 57.7 Å². The maximum absolute atomic E-state index is 13.8. The average Bonchev–Trinajstić information content (AvgIpc) is 3.30. The molecule has 0 aliphatic carbocycles. The Bertz CT molecular complexity index is 1500. The van der Waals surface area contributed by atoms with E-state index in [2.05, 4.69) is 20.2 Å². The first kappa shape index (κ1) is 28.2. The number of halogens is 3. The molecule has 2 amide bonds. The van der Waals surface area contributed by atoms with Crippen molar-refractivity contribution in [1.82, 2.24) is 15.0 Å². The Morgan fingerprint density at radius 1 is 1.21 bits per heavy atom. The molecule has 1 N–H and O–H groups in total. The van der Waals surface area contributed by atoms with E-state index < -0.39 is 23.6 Å². The molecule has 3 aliphatic heterocycles. The number of anilines is 3. The third kappa shape index (κ3) is 5.71. The molecule has 0 unspecified atom stereocenters. The number of nitrogens with zero attached hydrogens (tertiary/aromatic N) is 5. The molecular weight excluding hydrogens is 553 g/mol. The number of pyridine rings is 1. The summed E-state index contributed by atoms with van der Waals surface area (Å²) in [6.45, 7) is 7.49. The van der Waals surface area contributed by atoms with Crippen LogP contribution in [-0.4, -0.2) is 65.2 Å². The summed E-state index contributed by atoms with van der Waals surface area (Å²) in [5.41, 5.74) is 1.43. The summed E-state index contributed by atoms with van der Waals surface area (Å²) < 4.78 is 57.4. The highest BCUT2D eigenvalue weighted by atomic mass is 19.4. The molecule has 0 spiro atoms. The van der Waals surface area contributed by atoms with Gasteiger partial charge in [-0.2, -0.15) is 18.2 Å². The first-order valence-electron chi connectivity index (χ1n) is 13.8. The Hall–Kier alpha value is -3.97. The molecule has 5 heterocycles. The molecule has 2 bridgehead atoms. The highest BCUT2D eigenvalue weighted by Crippen LogP contribution is 2.41. The van der Waals surface area contributed by atoms with E-state index in [4.69, 9.17) is 19.2 Å². The lowest BCUT2D eigenvalue weighted by Crippen LogP contribution is -2.56. The Kier molecular flexibility index (Phi) is 7.17. The summed E-state index contributed by atoms with van der Waals surface area (Å²) in [4.78, 5) is 30.8. The first-order chi connectivity index (χ1) is 20.0. The first-order valence-corrected chi connectivity index (χ1v) is 13.8. The van der Waals surface area contributed by atoms with Gasteiger partial charge in [0.1, 0.15) is 12.7 Å². The fourth-order valence-corrected chi connectivity index (χ4v) is 5.62. The quantitative estimate of drug-likeness (QED) is 0.425. The average molecular weight is 585 g/mol. The van der Waals surface area contributed by atoms with E-state index in [1.165, 1.54) is 18.5 Å². The molecule has 2 aromatic heterocycles.